The number of hydrogen-bond acceptors (Lipinski definition) is 4. The highest BCUT2D eigenvalue weighted by Crippen LogP contribution is 2.22. The van der Waals surface area contributed by atoms with Crippen molar-refractivity contribution >= 4 is 17.3 Å². The normalized spacial score (nSPS) is 10.2. The Morgan fingerprint density at radius 3 is 2.79 bits per heavy atom. The first-order valence-electron chi connectivity index (χ1n) is 5.53. The average molecular weight is 260 g/mol. The van der Waals surface area contributed by atoms with Gasteiger partial charge in [0.25, 0.3) is 11.6 Å². The molecule has 0 radical (unpaired) electrons. The highest BCUT2D eigenvalue weighted by atomic mass is 16.6. The molecule has 0 atom stereocenters. The maximum absolute atomic E-state index is 11.9. The van der Waals surface area contributed by atoms with Crippen molar-refractivity contribution in [1.29, 1.82) is 0 Å². The molecule has 0 aliphatic carbocycles. The molecule has 0 saturated heterocycles. The lowest BCUT2D eigenvalue weighted by Gasteiger charge is -2.06. The average Bonchev–Trinajstić information content (AvgIpc) is 2.77. The topological polar surface area (TPSA) is 90.1 Å². The van der Waals surface area contributed by atoms with Gasteiger partial charge in [0.15, 0.2) is 5.82 Å². The molecule has 2 rings (SSSR count). The van der Waals surface area contributed by atoms with Crippen LogP contribution >= 0.6 is 0 Å². The van der Waals surface area contributed by atoms with Crippen LogP contribution in [0.15, 0.2) is 30.6 Å². The number of amides is 1. The minimum atomic E-state index is -0.480. The van der Waals surface area contributed by atoms with Crippen LogP contribution in [0.25, 0.3) is 0 Å². The molecule has 0 unspecified atom stereocenters. The quantitative estimate of drug-likeness (QED) is 0.674. The van der Waals surface area contributed by atoms with Gasteiger partial charge in [-0.3, -0.25) is 14.9 Å². The van der Waals surface area contributed by atoms with Crippen molar-refractivity contribution in [2.24, 2.45) is 7.05 Å². The Morgan fingerprint density at radius 1 is 1.47 bits per heavy atom. The minimum absolute atomic E-state index is 0.0300. The molecule has 7 heteroatoms. The first-order chi connectivity index (χ1) is 8.99. The molecule has 0 spiro atoms. The lowest BCUT2D eigenvalue weighted by Crippen LogP contribution is -2.16. The molecule has 1 aromatic carbocycles. The van der Waals surface area contributed by atoms with Gasteiger partial charge in [-0.05, 0) is 13.0 Å². The summed E-state index contributed by atoms with van der Waals surface area (Å²) in [5.41, 5.74) is 0.878. The van der Waals surface area contributed by atoms with Crippen molar-refractivity contribution in [3.05, 3.63) is 52.1 Å². The fourth-order valence-electron chi connectivity index (χ4n) is 1.66. The van der Waals surface area contributed by atoms with E-state index in [1.54, 1.807) is 36.9 Å². The number of nitro benzene ring substituents is 1. The van der Waals surface area contributed by atoms with Gasteiger partial charge in [0.2, 0.25) is 0 Å². The molecule has 98 valence electrons. The monoisotopic (exact) mass is 260 g/mol. The van der Waals surface area contributed by atoms with Crippen molar-refractivity contribution in [3.63, 3.8) is 0 Å². The third kappa shape index (κ3) is 2.59. The zero-order valence-corrected chi connectivity index (χ0v) is 10.5. The lowest BCUT2D eigenvalue weighted by atomic mass is 10.2. The Morgan fingerprint density at radius 2 is 2.21 bits per heavy atom. The van der Waals surface area contributed by atoms with E-state index in [0.29, 0.717) is 11.3 Å². The number of imidazole rings is 1. The summed E-state index contributed by atoms with van der Waals surface area (Å²) in [6.45, 7) is 1.64. The van der Waals surface area contributed by atoms with Crippen molar-refractivity contribution in [3.8, 4) is 0 Å². The van der Waals surface area contributed by atoms with Crippen LogP contribution in [0, 0.1) is 17.0 Å². The molecular formula is C12H12N4O3. The van der Waals surface area contributed by atoms with E-state index in [2.05, 4.69) is 10.3 Å². The number of hydrogen-bond donors (Lipinski definition) is 1. The van der Waals surface area contributed by atoms with Crippen LogP contribution in [0.3, 0.4) is 0 Å². The van der Waals surface area contributed by atoms with Crippen molar-refractivity contribution < 1.29 is 9.72 Å². The number of aromatic nitrogens is 2. The van der Waals surface area contributed by atoms with Crippen LogP contribution in [0.1, 0.15) is 16.2 Å². The minimum Gasteiger partial charge on any atom is -0.330 e. The molecule has 0 aliphatic rings. The second kappa shape index (κ2) is 4.89. The summed E-state index contributed by atoms with van der Waals surface area (Å²) >= 11 is 0. The van der Waals surface area contributed by atoms with Crippen molar-refractivity contribution in [2.45, 2.75) is 6.92 Å². The molecule has 1 heterocycles. The predicted octanol–water partition coefficient (Wildman–Crippen LogP) is 1.89. The number of nitrogens with one attached hydrogen (secondary N) is 1. The molecule has 7 nitrogen and oxygen atoms in total. The molecule has 1 amide bonds. The van der Waals surface area contributed by atoms with E-state index in [9.17, 15) is 14.9 Å². The van der Waals surface area contributed by atoms with Gasteiger partial charge in [-0.1, -0.05) is 6.07 Å². The van der Waals surface area contributed by atoms with Gasteiger partial charge >= 0.3 is 0 Å². The molecule has 19 heavy (non-hydrogen) atoms. The molecule has 0 bridgehead atoms. The van der Waals surface area contributed by atoms with E-state index in [0.717, 1.165) is 0 Å². The Hall–Kier alpha value is -2.70. The van der Waals surface area contributed by atoms with E-state index < -0.39 is 10.8 Å². The highest BCUT2D eigenvalue weighted by molar-refractivity contribution is 6.01. The van der Waals surface area contributed by atoms with Gasteiger partial charge < -0.3 is 9.88 Å². The summed E-state index contributed by atoms with van der Waals surface area (Å²) in [6.07, 6.45) is 3.15. The van der Waals surface area contributed by atoms with Gasteiger partial charge in [-0.2, -0.15) is 0 Å². The summed E-state index contributed by atoms with van der Waals surface area (Å²) in [5, 5.41) is 13.4. The van der Waals surface area contributed by atoms with Crippen LogP contribution in [0.2, 0.25) is 0 Å². The number of anilines is 1. The third-order valence-electron chi connectivity index (χ3n) is 2.69. The van der Waals surface area contributed by atoms with E-state index in [1.807, 2.05) is 0 Å². The molecule has 2 aromatic rings. The Kier molecular flexibility index (Phi) is 3.28. The summed E-state index contributed by atoms with van der Waals surface area (Å²) in [7, 11) is 1.69. The summed E-state index contributed by atoms with van der Waals surface area (Å²) < 4.78 is 1.57. The molecular weight excluding hydrogens is 248 g/mol. The van der Waals surface area contributed by atoms with Crippen LogP contribution < -0.4 is 5.32 Å². The van der Waals surface area contributed by atoms with Crippen molar-refractivity contribution in [1.82, 2.24) is 9.55 Å². The van der Waals surface area contributed by atoms with Gasteiger partial charge in [-0.15, -0.1) is 0 Å². The second-order valence-electron chi connectivity index (χ2n) is 4.07. The van der Waals surface area contributed by atoms with E-state index in [-0.39, 0.29) is 11.5 Å². The van der Waals surface area contributed by atoms with Crippen LogP contribution in [0.5, 0.6) is 0 Å². The van der Waals surface area contributed by atoms with Gasteiger partial charge in [0, 0.05) is 36.8 Å². The van der Waals surface area contributed by atoms with Crippen molar-refractivity contribution in [2.75, 3.05) is 5.32 Å². The molecule has 1 N–H and O–H groups in total. The standard InChI is InChI=1S/C12H12N4O3/c1-8-3-4-9(7-10(8)16(18)19)14-12(17)11-13-5-6-15(11)2/h3-7H,1-2H3,(H,14,17). The molecule has 0 fully saturated rings. The van der Waals surface area contributed by atoms with Crippen LogP contribution in [0.4, 0.5) is 11.4 Å². The molecule has 0 saturated carbocycles. The summed E-state index contributed by atoms with van der Waals surface area (Å²) in [5.74, 6) is -0.172. The van der Waals surface area contributed by atoms with E-state index in [4.69, 9.17) is 0 Å². The molecule has 1 aromatic heterocycles. The number of carbonyl (C=O) groups is 1. The maximum atomic E-state index is 11.9. The lowest BCUT2D eigenvalue weighted by molar-refractivity contribution is -0.385. The fraction of sp³-hybridized carbons (Fsp3) is 0.167. The van der Waals surface area contributed by atoms with E-state index >= 15 is 0 Å². The number of carbonyl (C=O) groups excluding carboxylic acids is 1. The van der Waals surface area contributed by atoms with Crippen LogP contribution in [-0.4, -0.2) is 20.4 Å². The smallest absolute Gasteiger partial charge is 0.291 e. The zero-order valence-electron chi connectivity index (χ0n) is 10.5. The van der Waals surface area contributed by atoms with Gasteiger partial charge in [0.1, 0.15) is 0 Å². The zero-order chi connectivity index (χ0) is 14.0. The second-order valence-corrected chi connectivity index (χ2v) is 4.07. The van der Waals surface area contributed by atoms with Gasteiger partial charge in [-0.25, -0.2) is 4.98 Å². The number of nitro groups is 1. The number of nitrogens with zero attached hydrogens (tertiary/aromatic N) is 3. The fourth-order valence-corrected chi connectivity index (χ4v) is 1.66. The predicted molar refractivity (Wildman–Crippen MR) is 69.0 cm³/mol. The highest BCUT2D eigenvalue weighted by Gasteiger charge is 2.15. The summed E-state index contributed by atoms with van der Waals surface area (Å²) in [4.78, 5) is 26.1. The number of aryl methyl sites for hydroxylation is 2. The SMILES string of the molecule is Cc1ccc(NC(=O)c2nccn2C)cc1[N+](=O)[O-]. The van der Waals surface area contributed by atoms with Gasteiger partial charge in [0.05, 0.1) is 4.92 Å². The maximum Gasteiger partial charge on any atom is 0.291 e. The Balaban J connectivity index is 2.25. The number of rotatable bonds is 3. The third-order valence-corrected chi connectivity index (χ3v) is 2.69. The first kappa shape index (κ1) is 12.7. The Labute approximate surface area is 109 Å². The Bertz CT molecular complexity index is 648. The van der Waals surface area contributed by atoms with Crippen LogP contribution in [-0.2, 0) is 7.05 Å². The number of benzene rings is 1. The summed E-state index contributed by atoms with van der Waals surface area (Å²) in [6, 6.07) is 4.53. The van der Waals surface area contributed by atoms with E-state index in [1.165, 1.54) is 12.3 Å². The molecule has 0 aliphatic heterocycles. The largest absolute Gasteiger partial charge is 0.330 e. The first-order valence-corrected chi connectivity index (χ1v) is 5.53.